The Balaban J connectivity index is 2.13. The second-order valence-electron chi connectivity index (χ2n) is 3.88. The van der Waals surface area contributed by atoms with Gasteiger partial charge in [-0.1, -0.05) is 6.92 Å². The second-order valence-corrected chi connectivity index (χ2v) is 4.76. The molecule has 1 aliphatic carbocycles. The van der Waals surface area contributed by atoms with E-state index in [2.05, 4.69) is 4.98 Å². The molecule has 0 amide bonds. The Kier molecular flexibility index (Phi) is 2.54. The molecule has 1 heterocycles. The molecule has 0 bridgehead atoms. The molecule has 1 atom stereocenters. The zero-order valence-corrected chi connectivity index (χ0v) is 8.88. The Bertz CT molecular complexity index is 344. The van der Waals surface area contributed by atoms with Crippen molar-refractivity contribution < 1.29 is 9.90 Å². The number of rotatable bonds is 4. The van der Waals surface area contributed by atoms with Gasteiger partial charge in [-0.3, -0.25) is 4.79 Å². The molecule has 0 aromatic carbocycles. The molecule has 1 N–H and O–H groups in total. The van der Waals surface area contributed by atoms with Gasteiger partial charge in [0.25, 0.3) is 0 Å². The first-order valence-corrected chi connectivity index (χ1v) is 5.71. The maximum absolute atomic E-state index is 10.6. The van der Waals surface area contributed by atoms with Gasteiger partial charge in [0.2, 0.25) is 0 Å². The second kappa shape index (κ2) is 3.69. The van der Waals surface area contributed by atoms with Crippen molar-refractivity contribution in [3.05, 3.63) is 16.1 Å². The van der Waals surface area contributed by atoms with Crippen molar-refractivity contribution in [2.24, 2.45) is 0 Å². The van der Waals surface area contributed by atoms with Crippen LogP contribution >= 0.6 is 11.3 Å². The number of nitrogens with zero attached hydrogens (tertiary/aromatic N) is 1. The molecule has 0 aliphatic heterocycles. The van der Waals surface area contributed by atoms with Gasteiger partial charge in [-0.15, -0.1) is 11.3 Å². The van der Waals surface area contributed by atoms with Crippen molar-refractivity contribution >= 4 is 17.3 Å². The molecule has 1 aromatic rings. The van der Waals surface area contributed by atoms with Crippen LogP contribution in [0.4, 0.5) is 0 Å². The molecule has 0 spiro atoms. The number of carboxylic acid groups (broad SMARTS) is 1. The highest BCUT2D eigenvalue weighted by molar-refractivity contribution is 7.09. The van der Waals surface area contributed by atoms with E-state index in [1.165, 1.54) is 17.7 Å². The van der Waals surface area contributed by atoms with Gasteiger partial charge < -0.3 is 5.11 Å². The first-order valence-electron chi connectivity index (χ1n) is 4.83. The van der Waals surface area contributed by atoms with Crippen LogP contribution in [-0.4, -0.2) is 16.1 Å². The maximum atomic E-state index is 10.6. The van der Waals surface area contributed by atoms with Crippen LogP contribution in [0.25, 0.3) is 0 Å². The van der Waals surface area contributed by atoms with E-state index in [9.17, 15) is 4.79 Å². The van der Waals surface area contributed by atoms with Crippen LogP contribution in [0.5, 0.6) is 0 Å². The zero-order valence-electron chi connectivity index (χ0n) is 8.06. The fourth-order valence-electron chi connectivity index (χ4n) is 1.65. The number of aromatic nitrogens is 1. The highest BCUT2D eigenvalue weighted by Crippen LogP contribution is 2.44. The van der Waals surface area contributed by atoms with Gasteiger partial charge >= 0.3 is 5.97 Å². The Morgan fingerprint density at radius 3 is 3.07 bits per heavy atom. The predicted molar refractivity (Wildman–Crippen MR) is 54.8 cm³/mol. The number of carboxylic acids is 1. The van der Waals surface area contributed by atoms with E-state index in [0.717, 1.165) is 5.69 Å². The Labute approximate surface area is 86.8 Å². The molecule has 1 aromatic heterocycles. The Morgan fingerprint density at radius 2 is 2.50 bits per heavy atom. The van der Waals surface area contributed by atoms with Crippen LogP contribution in [0, 0.1) is 0 Å². The molecule has 14 heavy (non-hydrogen) atoms. The van der Waals surface area contributed by atoms with E-state index in [1.54, 1.807) is 11.3 Å². The van der Waals surface area contributed by atoms with E-state index in [-0.39, 0.29) is 12.3 Å². The molecule has 3 nitrogen and oxygen atoms in total. The summed E-state index contributed by atoms with van der Waals surface area (Å²) in [4.78, 5) is 16.1. The normalized spacial score (nSPS) is 18.1. The van der Waals surface area contributed by atoms with Gasteiger partial charge in [-0.2, -0.15) is 0 Å². The first kappa shape index (κ1) is 9.65. The minimum absolute atomic E-state index is 0.107. The maximum Gasteiger partial charge on any atom is 0.303 e. The fraction of sp³-hybridized carbons (Fsp3) is 0.600. The van der Waals surface area contributed by atoms with Crippen molar-refractivity contribution in [1.29, 1.82) is 0 Å². The lowest BCUT2D eigenvalue weighted by Gasteiger charge is -2.07. The van der Waals surface area contributed by atoms with Crippen LogP contribution in [-0.2, 0) is 4.79 Å². The molecule has 1 saturated carbocycles. The summed E-state index contributed by atoms with van der Waals surface area (Å²) < 4.78 is 0. The van der Waals surface area contributed by atoms with Gasteiger partial charge in [0.05, 0.1) is 17.6 Å². The number of carbonyl (C=O) groups is 1. The summed E-state index contributed by atoms with van der Waals surface area (Å²) in [6, 6.07) is 0. The van der Waals surface area contributed by atoms with E-state index < -0.39 is 5.97 Å². The summed E-state index contributed by atoms with van der Waals surface area (Å²) in [5.41, 5.74) is 2.99. The molecule has 2 rings (SSSR count). The van der Waals surface area contributed by atoms with Crippen LogP contribution in [0.15, 0.2) is 5.51 Å². The molecule has 4 heteroatoms. The van der Waals surface area contributed by atoms with Crippen LogP contribution in [0.3, 0.4) is 0 Å². The summed E-state index contributed by atoms with van der Waals surface area (Å²) in [5.74, 6) is -0.00394. The smallest absolute Gasteiger partial charge is 0.303 e. The highest BCUT2D eigenvalue weighted by atomic mass is 32.1. The average molecular weight is 211 g/mol. The largest absolute Gasteiger partial charge is 0.481 e. The number of hydrogen-bond donors (Lipinski definition) is 1. The van der Waals surface area contributed by atoms with Crippen molar-refractivity contribution in [2.45, 2.75) is 38.0 Å². The van der Waals surface area contributed by atoms with E-state index in [4.69, 9.17) is 5.11 Å². The molecule has 1 fully saturated rings. The van der Waals surface area contributed by atoms with Crippen LogP contribution in [0.1, 0.15) is 48.6 Å². The Hall–Kier alpha value is -0.900. The van der Waals surface area contributed by atoms with Crippen molar-refractivity contribution in [2.75, 3.05) is 0 Å². The van der Waals surface area contributed by atoms with Crippen molar-refractivity contribution in [3.63, 3.8) is 0 Å². The van der Waals surface area contributed by atoms with Crippen LogP contribution < -0.4 is 0 Å². The van der Waals surface area contributed by atoms with Crippen molar-refractivity contribution in [3.8, 4) is 0 Å². The number of aliphatic carboxylic acids is 1. The van der Waals surface area contributed by atoms with Gasteiger partial charge in [0, 0.05) is 16.7 Å². The first-order chi connectivity index (χ1) is 6.68. The monoisotopic (exact) mass is 211 g/mol. The number of thiazole rings is 1. The predicted octanol–water partition coefficient (Wildman–Crippen LogP) is 2.60. The summed E-state index contributed by atoms with van der Waals surface area (Å²) in [6.07, 6.45) is 2.65. The summed E-state index contributed by atoms with van der Waals surface area (Å²) in [7, 11) is 0. The van der Waals surface area contributed by atoms with E-state index in [1.807, 2.05) is 12.4 Å². The van der Waals surface area contributed by atoms with Crippen LogP contribution in [0.2, 0.25) is 0 Å². The van der Waals surface area contributed by atoms with E-state index in [0.29, 0.717) is 5.92 Å². The number of hydrogen-bond acceptors (Lipinski definition) is 3. The summed E-state index contributed by atoms with van der Waals surface area (Å²) in [5, 5.41) is 8.71. The lowest BCUT2D eigenvalue weighted by atomic mass is 10.0. The molecule has 1 aliphatic rings. The zero-order chi connectivity index (χ0) is 10.1. The Morgan fingerprint density at radius 1 is 1.79 bits per heavy atom. The molecular formula is C10H13NO2S. The molecular weight excluding hydrogens is 198 g/mol. The van der Waals surface area contributed by atoms with E-state index >= 15 is 0 Å². The average Bonchev–Trinajstić information content (AvgIpc) is 2.82. The van der Waals surface area contributed by atoms with Gasteiger partial charge in [-0.25, -0.2) is 4.98 Å². The third-order valence-corrected chi connectivity index (χ3v) is 3.59. The quantitative estimate of drug-likeness (QED) is 0.832. The van der Waals surface area contributed by atoms with Gasteiger partial charge in [0.1, 0.15) is 0 Å². The molecule has 0 radical (unpaired) electrons. The van der Waals surface area contributed by atoms with Gasteiger partial charge in [-0.05, 0) is 12.8 Å². The third-order valence-electron chi connectivity index (χ3n) is 2.52. The third kappa shape index (κ3) is 1.95. The topological polar surface area (TPSA) is 50.2 Å². The van der Waals surface area contributed by atoms with Gasteiger partial charge in [0.15, 0.2) is 0 Å². The summed E-state index contributed by atoms with van der Waals surface area (Å²) in [6.45, 7) is 1.97. The summed E-state index contributed by atoms with van der Waals surface area (Å²) >= 11 is 1.59. The molecule has 0 saturated heterocycles. The lowest BCUT2D eigenvalue weighted by Crippen LogP contribution is -2.03. The lowest BCUT2D eigenvalue weighted by molar-refractivity contribution is -0.137. The fourth-order valence-corrected chi connectivity index (χ4v) is 2.59. The SMILES string of the molecule is CC(CC(=O)O)c1scnc1C1CC1. The minimum Gasteiger partial charge on any atom is -0.481 e. The molecule has 1 unspecified atom stereocenters. The minimum atomic E-state index is -0.729. The van der Waals surface area contributed by atoms with Crippen molar-refractivity contribution in [1.82, 2.24) is 4.98 Å². The highest BCUT2D eigenvalue weighted by Gasteiger charge is 2.30. The molecule has 76 valence electrons. The standard InChI is InChI=1S/C10H13NO2S/c1-6(4-8(12)13)10-9(7-2-3-7)11-5-14-10/h5-7H,2-4H2,1H3,(H,12,13).